The summed E-state index contributed by atoms with van der Waals surface area (Å²) in [7, 11) is 0. The van der Waals surface area contributed by atoms with E-state index in [0.717, 1.165) is 5.56 Å². The highest BCUT2D eigenvalue weighted by molar-refractivity contribution is 5.92. The van der Waals surface area contributed by atoms with Gasteiger partial charge < -0.3 is 10.5 Å². The highest BCUT2D eigenvalue weighted by Crippen LogP contribution is 2.21. The van der Waals surface area contributed by atoms with Crippen molar-refractivity contribution >= 4 is 5.91 Å². The van der Waals surface area contributed by atoms with Gasteiger partial charge in [-0.1, -0.05) is 38.1 Å². The molecule has 20 heavy (non-hydrogen) atoms. The molecule has 1 heterocycles. The van der Waals surface area contributed by atoms with Crippen molar-refractivity contribution in [3.05, 3.63) is 41.2 Å². The molecule has 2 rings (SSSR count). The molecule has 106 valence electrons. The zero-order valence-corrected chi connectivity index (χ0v) is 11.7. The van der Waals surface area contributed by atoms with Crippen molar-refractivity contribution in [2.45, 2.75) is 32.8 Å². The third-order valence-corrected chi connectivity index (χ3v) is 2.68. The average Bonchev–Trinajstić information content (AvgIpc) is 2.85. The molecule has 0 aliphatic heterocycles. The minimum Gasteiger partial charge on any atom is -0.444 e. The van der Waals surface area contributed by atoms with E-state index in [0.29, 0.717) is 11.4 Å². The number of aromatic nitrogens is 2. The first kappa shape index (κ1) is 14.0. The van der Waals surface area contributed by atoms with Crippen LogP contribution < -0.4 is 10.5 Å². The fourth-order valence-electron chi connectivity index (χ4n) is 1.48. The number of carbonyl (C=O) groups is 1. The Morgan fingerprint density at radius 2 is 1.95 bits per heavy atom. The van der Waals surface area contributed by atoms with Crippen LogP contribution in [0.3, 0.4) is 0 Å². The molecule has 6 heteroatoms. The zero-order chi connectivity index (χ0) is 14.8. The van der Waals surface area contributed by atoms with Gasteiger partial charge in [-0.3, -0.25) is 9.32 Å². The fraction of sp³-hybridized carbons (Fsp3) is 0.357. The molecule has 0 saturated carbocycles. The van der Waals surface area contributed by atoms with Gasteiger partial charge in [-0.05, 0) is 17.7 Å². The average molecular weight is 275 g/mol. The van der Waals surface area contributed by atoms with E-state index in [1.165, 1.54) is 0 Å². The Labute approximate surface area is 116 Å². The molecule has 0 aliphatic rings. The summed E-state index contributed by atoms with van der Waals surface area (Å²) in [6.07, 6.45) is 0.133. The van der Waals surface area contributed by atoms with Crippen molar-refractivity contribution in [2.24, 2.45) is 5.73 Å². The topological polar surface area (TPSA) is 91.2 Å². The van der Waals surface area contributed by atoms with E-state index >= 15 is 0 Å². The van der Waals surface area contributed by atoms with Crippen LogP contribution in [0, 0.1) is 0 Å². The lowest BCUT2D eigenvalue weighted by atomic mass is 9.96. The molecule has 0 radical (unpaired) electrons. The van der Waals surface area contributed by atoms with Crippen LogP contribution in [-0.2, 0) is 12.0 Å². The zero-order valence-electron chi connectivity index (χ0n) is 11.7. The Kier molecular flexibility index (Phi) is 3.74. The SMILES string of the molecule is CC(C)(C)c1noc(OCc2ccc(C(N)=O)cc2)n1. The summed E-state index contributed by atoms with van der Waals surface area (Å²) in [4.78, 5) is 15.1. The van der Waals surface area contributed by atoms with E-state index in [4.69, 9.17) is 15.0 Å². The van der Waals surface area contributed by atoms with Gasteiger partial charge >= 0.3 is 6.08 Å². The lowest BCUT2D eigenvalue weighted by Crippen LogP contribution is -2.13. The number of hydrogen-bond donors (Lipinski definition) is 1. The van der Waals surface area contributed by atoms with Gasteiger partial charge in [0, 0.05) is 11.0 Å². The van der Waals surface area contributed by atoms with Crippen molar-refractivity contribution in [2.75, 3.05) is 0 Å². The van der Waals surface area contributed by atoms with Crippen LogP contribution >= 0.6 is 0 Å². The second kappa shape index (κ2) is 5.32. The molecule has 1 aromatic heterocycles. The van der Waals surface area contributed by atoms with Gasteiger partial charge in [0.15, 0.2) is 5.82 Å². The summed E-state index contributed by atoms with van der Waals surface area (Å²) >= 11 is 0. The van der Waals surface area contributed by atoms with Gasteiger partial charge in [0.25, 0.3) is 0 Å². The first-order valence-electron chi connectivity index (χ1n) is 6.22. The quantitative estimate of drug-likeness (QED) is 0.922. The van der Waals surface area contributed by atoms with E-state index in [-0.39, 0.29) is 18.1 Å². The maximum atomic E-state index is 10.9. The van der Waals surface area contributed by atoms with Gasteiger partial charge in [-0.15, -0.1) is 0 Å². The van der Waals surface area contributed by atoms with Gasteiger partial charge in [0.2, 0.25) is 5.91 Å². The third-order valence-electron chi connectivity index (χ3n) is 2.68. The third kappa shape index (κ3) is 3.34. The number of amides is 1. The summed E-state index contributed by atoms with van der Waals surface area (Å²) < 4.78 is 10.4. The maximum Gasteiger partial charge on any atom is 0.417 e. The number of benzene rings is 1. The monoisotopic (exact) mass is 275 g/mol. The molecular weight excluding hydrogens is 258 g/mol. The largest absolute Gasteiger partial charge is 0.444 e. The van der Waals surface area contributed by atoms with Crippen LogP contribution in [0.4, 0.5) is 0 Å². The number of ether oxygens (including phenoxy) is 1. The number of rotatable bonds is 4. The number of hydrogen-bond acceptors (Lipinski definition) is 5. The molecule has 0 aliphatic carbocycles. The van der Waals surface area contributed by atoms with Crippen LogP contribution in [0.25, 0.3) is 0 Å². The standard InChI is InChI=1S/C14H17N3O3/c1-14(2,3)12-16-13(20-17-12)19-8-9-4-6-10(7-5-9)11(15)18/h4-7H,8H2,1-3H3,(H2,15,18). The predicted molar refractivity (Wildman–Crippen MR) is 72.3 cm³/mol. The van der Waals surface area contributed by atoms with Crippen LogP contribution in [-0.4, -0.2) is 16.0 Å². The number of primary amides is 1. The number of carbonyl (C=O) groups excluding carboxylic acids is 1. The summed E-state index contributed by atoms with van der Waals surface area (Å²) in [5.41, 5.74) is 6.32. The molecule has 0 bridgehead atoms. The second-order valence-corrected chi connectivity index (χ2v) is 5.48. The van der Waals surface area contributed by atoms with Crippen molar-refractivity contribution in [3.63, 3.8) is 0 Å². The van der Waals surface area contributed by atoms with Crippen LogP contribution in [0.5, 0.6) is 6.08 Å². The molecule has 0 atom stereocenters. The van der Waals surface area contributed by atoms with E-state index in [2.05, 4.69) is 10.1 Å². The second-order valence-electron chi connectivity index (χ2n) is 5.48. The Morgan fingerprint density at radius 1 is 1.30 bits per heavy atom. The molecule has 1 aromatic carbocycles. The first-order chi connectivity index (χ1) is 9.36. The van der Waals surface area contributed by atoms with Gasteiger partial charge in [-0.25, -0.2) is 0 Å². The molecular formula is C14H17N3O3. The normalized spacial score (nSPS) is 11.3. The molecule has 2 aromatic rings. The van der Waals surface area contributed by atoms with Crippen LogP contribution in [0.1, 0.15) is 42.5 Å². The lowest BCUT2D eigenvalue weighted by Gasteiger charge is -2.10. The molecule has 1 amide bonds. The van der Waals surface area contributed by atoms with Gasteiger partial charge in [0.05, 0.1) is 0 Å². The van der Waals surface area contributed by atoms with E-state index in [1.54, 1.807) is 24.3 Å². The molecule has 0 unspecified atom stereocenters. The Balaban J connectivity index is 1.98. The molecule has 0 fully saturated rings. The van der Waals surface area contributed by atoms with E-state index < -0.39 is 5.91 Å². The van der Waals surface area contributed by atoms with Crippen LogP contribution in [0.15, 0.2) is 28.8 Å². The summed E-state index contributed by atoms with van der Waals surface area (Å²) in [6.45, 7) is 6.25. The Morgan fingerprint density at radius 3 is 2.45 bits per heavy atom. The van der Waals surface area contributed by atoms with Crippen molar-refractivity contribution < 1.29 is 14.1 Å². The van der Waals surface area contributed by atoms with Crippen molar-refractivity contribution in [1.29, 1.82) is 0 Å². The van der Waals surface area contributed by atoms with Gasteiger partial charge in [-0.2, -0.15) is 4.98 Å². The maximum absolute atomic E-state index is 10.9. The highest BCUT2D eigenvalue weighted by atomic mass is 16.6. The number of nitrogens with two attached hydrogens (primary N) is 1. The molecule has 6 nitrogen and oxygen atoms in total. The van der Waals surface area contributed by atoms with Crippen molar-refractivity contribution in [3.8, 4) is 6.08 Å². The van der Waals surface area contributed by atoms with E-state index in [1.807, 2.05) is 20.8 Å². The summed E-state index contributed by atoms with van der Waals surface area (Å²) in [5, 5.41) is 3.86. The predicted octanol–water partition coefficient (Wildman–Crippen LogP) is 2.04. The molecule has 2 N–H and O–H groups in total. The highest BCUT2D eigenvalue weighted by Gasteiger charge is 2.21. The first-order valence-corrected chi connectivity index (χ1v) is 6.22. The molecule has 0 saturated heterocycles. The van der Waals surface area contributed by atoms with Crippen molar-refractivity contribution in [1.82, 2.24) is 10.1 Å². The Bertz CT molecular complexity index is 597. The van der Waals surface area contributed by atoms with E-state index in [9.17, 15) is 4.79 Å². The van der Waals surface area contributed by atoms with Crippen LogP contribution in [0.2, 0.25) is 0 Å². The summed E-state index contributed by atoms with van der Waals surface area (Å²) in [6, 6.07) is 6.83. The minimum atomic E-state index is -0.454. The Hall–Kier alpha value is -2.37. The number of nitrogens with zero attached hydrogens (tertiary/aromatic N) is 2. The lowest BCUT2D eigenvalue weighted by molar-refractivity contribution is 0.1000. The molecule has 0 spiro atoms. The van der Waals surface area contributed by atoms with Gasteiger partial charge in [0.1, 0.15) is 6.61 Å². The fourth-order valence-corrected chi connectivity index (χ4v) is 1.48. The summed E-state index contributed by atoms with van der Waals surface area (Å²) in [5.74, 6) is 0.140. The minimum absolute atomic E-state index is 0.133. The smallest absolute Gasteiger partial charge is 0.417 e.